The van der Waals surface area contributed by atoms with Crippen molar-refractivity contribution in [3.63, 3.8) is 0 Å². The minimum Gasteiger partial charge on any atom is -0.326 e. The summed E-state index contributed by atoms with van der Waals surface area (Å²) in [7, 11) is 0. The van der Waals surface area contributed by atoms with Crippen LogP contribution in [0.4, 0.5) is 17.1 Å². The normalized spacial score (nSPS) is 13.2. The van der Waals surface area contributed by atoms with Gasteiger partial charge in [0.15, 0.2) is 0 Å². The lowest BCUT2D eigenvalue weighted by atomic mass is 10.1. The number of nitrogens with zero attached hydrogens (tertiary/aromatic N) is 1. The maximum absolute atomic E-state index is 12.3. The van der Waals surface area contributed by atoms with Gasteiger partial charge in [0.05, 0.1) is 4.92 Å². The standard InChI is InChI=1S/C18H17N3O4/c1-11-2-7-14(10-16(11)20-18(23)12-3-4-12)19-17(22)13-5-8-15(9-6-13)21(24)25/h2,5-10,12H,3-4H2,1H3,(H,19,22)(H,20,23). The molecule has 2 amide bonds. The fourth-order valence-corrected chi connectivity index (χ4v) is 2.35. The summed E-state index contributed by atoms with van der Waals surface area (Å²) >= 11 is 0. The highest BCUT2D eigenvalue weighted by molar-refractivity contribution is 6.05. The van der Waals surface area contributed by atoms with Crippen LogP contribution >= 0.6 is 0 Å². The van der Waals surface area contributed by atoms with Crippen molar-refractivity contribution in [1.29, 1.82) is 0 Å². The third kappa shape index (κ3) is 4.00. The number of benzene rings is 2. The van der Waals surface area contributed by atoms with Gasteiger partial charge >= 0.3 is 0 Å². The summed E-state index contributed by atoms with van der Waals surface area (Å²) in [4.78, 5) is 34.3. The van der Waals surface area contributed by atoms with Gasteiger partial charge in [-0.05, 0) is 49.6 Å². The number of aryl methyl sites for hydroxylation is 1. The fourth-order valence-electron chi connectivity index (χ4n) is 2.35. The summed E-state index contributed by atoms with van der Waals surface area (Å²) in [5.74, 6) is -0.280. The van der Waals surface area contributed by atoms with E-state index < -0.39 is 4.92 Å². The molecular weight excluding hydrogens is 322 g/mol. The summed E-state index contributed by atoms with van der Waals surface area (Å²) in [6.07, 6.45) is 1.84. The maximum atomic E-state index is 12.3. The number of anilines is 2. The zero-order chi connectivity index (χ0) is 18.0. The van der Waals surface area contributed by atoms with Crippen LogP contribution in [0.1, 0.15) is 28.8 Å². The maximum Gasteiger partial charge on any atom is 0.269 e. The molecule has 7 nitrogen and oxygen atoms in total. The number of carbonyl (C=O) groups excluding carboxylic acids is 2. The highest BCUT2D eigenvalue weighted by Crippen LogP contribution is 2.31. The summed E-state index contributed by atoms with van der Waals surface area (Å²) in [6, 6.07) is 10.6. The Labute approximate surface area is 144 Å². The van der Waals surface area contributed by atoms with Crippen molar-refractivity contribution >= 4 is 28.9 Å². The summed E-state index contributed by atoms with van der Waals surface area (Å²) in [5, 5.41) is 16.3. The first-order valence-corrected chi connectivity index (χ1v) is 7.91. The summed E-state index contributed by atoms with van der Waals surface area (Å²) < 4.78 is 0. The van der Waals surface area contributed by atoms with Crippen LogP contribution in [0.3, 0.4) is 0 Å². The van der Waals surface area contributed by atoms with Gasteiger partial charge in [0.1, 0.15) is 0 Å². The molecule has 7 heteroatoms. The van der Waals surface area contributed by atoms with Gasteiger partial charge in [-0.2, -0.15) is 0 Å². The van der Waals surface area contributed by atoms with Gasteiger partial charge in [-0.1, -0.05) is 6.07 Å². The van der Waals surface area contributed by atoms with Crippen molar-refractivity contribution in [2.24, 2.45) is 5.92 Å². The van der Waals surface area contributed by atoms with E-state index in [1.54, 1.807) is 12.1 Å². The molecule has 0 unspecified atom stereocenters. The molecule has 1 saturated carbocycles. The summed E-state index contributed by atoms with van der Waals surface area (Å²) in [5.41, 5.74) is 2.35. The van der Waals surface area contributed by atoms with Crippen LogP contribution < -0.4 is 10.6 Å². The molecule has 0 atom stereocenters. The van der Waals surface area contributed by atoms with Crippen molar-refractivity contribution in [3.05, 3.63) is 63.7 Å². The predicted molar refractivity (Wildman–Crippen MR) is 93.6 cm³/mol. The Hall–Kier alpha value is -3.22. The minimum absolute atomic E-state index is 0.00180. The number of rotatable bonds is 5. The van der Waals surface area contributed by atoms with E-state index in [-0.39, 0.29) is 23.4 Å². The van der Waals surface area contributed by atoms with Crippen LogP contribution in [0.2, 0.25) is 0 Å². The molecule has 1 aliphatic carbocycles. The van der Waals surface area contributed by atoms with Gasteiger partial charge < -0.3 is 10.6 Å². The molecule has 0 aliphatic heterocycles. The number of nitrogens with one attached hydrogen (secondary N) is 2. The van der Waals surface area contributed by atoms with E-state index in [9.17, 15) is 19.7 Å². The molecule has 2 aromatic rings. The molecular formula is C18H17N3O4. The first-order valence-electron chi connectivity index (χ1n) is 7.91. The summed E-state index contributed by atoms with van der Waals surface area (Å²) in [6.45, 7) is 1.88. The largest absolute Gasteiger partial charge is 0.326 e. The van der Waals surface area contributed by atoms with E-state index in [1.807, 2.05) is 13.0 Å². The number of nitro benzene ring substituents is 1. The Morgan fingerprint density at radius 2 is 1.76 bits per heavy atom. The Kier molecular flexibility index (Phi) is 4.47. The molecule has 3 rings (SSSR count). The second-order valence-electron chi connectivity index (χ2n) is 6.05. The van der Waals surface area contributed by atoms with Gasteiger partial charge in [-0.15, -0.1) is 0 Å². The molecule has 0 heterocycles. The van der Waals surface area contributed by atoms with E-state index in [0.29, 0.717) is 16.9 Å². The highest BCUT2D eigenvalue weighted by atomic mass is 16.6. The topological polar surface area (TPSA) is 101 Å². The molecule has 0 bridgehead atoms. The van der Waals surface area contributed by atoms with Crippen LogP contribution in [0.15, 0.2) is 42.5 Å². The zero-order valence-electron chi connectivity index (χ0n) is 13.6. The van der Waals surface area contributed by atoms with Crippen molar-refractivity contribution in [2.75, 3.05) is 10.6 Å². The average Bonchev–Trinajstić information content (AvgIpc) is 3.43. The van der Waals surface area contributed by atoms with Crippen LogP contribution in [0.5, 0.6) is 0 Å². The van der Waals surface area contributed by atoms with Gasteiger partial charge in [0, 0.05) is 35.0 Å². The number of carbonyl (C=O) groups is 2. The molecule has 25 heavy (non-hydrogen) atoms. The number of amides is 2. The second kappa shape index (κ2) is 6.72. The Balaban J connectivity index is 1.72. The lowest BCUT2D eigenvalue weighted by molar-refractivity contribution is -0.384. The molecule has 128 valence electrons. The van der Waals surface area contributed by atoms with Crippen LogP contribution in [-0.2, 0) is 4.79 Å². The van der Waals surface area contributed by atoms with E-state index in [4.69, 9.17) is 0 Å². The van der Waals surface area contributed by atoms with E-state index in [2.05, 4.69) is 10.6 Å². The number of hydrogen-bond acceptors (Lipinski definition) is 4. The fraction of sp³-hybridized carbons (Fsp3) is 0.222. The first kappa shape index (κ1) is 16.6. The van der Waals surface area contributed by atoms with Crippen molar-refractivity contribution in [2.45, 2.75) is 19.8 Å². The van der Waals surface area contributed by atoms with Crippen molar-refractivity contribution in [1.82, 2.24) is 0 Å². The quantitative estimate of drug-likeness (QED) is 0.643. The lowest BCUT2D eigenvalue weighted by Gasteiger charge is -2.11. The lowest BCUT2D eigenvalue weighted by Crippen LogP contribution is -2.15. The average molecular weight is 339 g/mol. The molecule has 0 aromatic heterocycles. The predicted octanol–water partition coefficient (Wildman–Crippen LogP) is 3.50. The second-order valence-corrected chi connectivity index (χ2v) is 6.05. The van der Waals surface area contributed by atoms with Gasteiger partial charge in [-0.25, -0.2) is 0 Å². The van der Waals surface area contributed by atoms with Crippen LogP contribution in [0, 0.1) is 23.0 Å². The SMILES string of the molecule is Cc1ccc(NC(=O)c2ccc([N+](=O)[O-])cc2)cc1NC(=O)C1CC1. The van der Waals surface area contributed by atoms with Crippen LogP contribution in [-0.4, -0.2) is 16.7 Å². The Morgan fingerprint density at radius 1 is 1.08 bits per heavy atom. The van der Waals surface area contributed by atoms with Gasteiger partial charge in [0.25, 0.3) is 11.6 Å². The Bertz CT molecular complexity index is 842. The number of nitro groups is 1. The molecule has 2 N–H and O–H groups in total. The van der Waals surface area contributed by atoms with Gasteiger partial charge in [-0.3, -0.25) is 19.7 Å². The van der Waals surface area contributed by atoms with E-state index >= 15 is 0 Å². The highest BCUT2D eigenvalue weighted by Gasteiger charge is 2.29. The molecule has 0 radical (unpaired) electrons. The first-order chi connectivity index (χ1) is 11.9. The minimum atomic E-state index is -0.517. The monoisotopic (exact) mass is 339 g/mol. The number of hydrogen-bond donors (Lipinski definition) is 2. The third-order valence-corrected chi connectivity index (χ3v) is 4.04. The third-order valence-electron chi connectivity index (χ3n) is 4.04. The van der Waals surface area contributed by atoms with E-state index in [1.165, 1.54) is 24.3 Å². The van der Waals surface area contributed by atoms with E-state index in [0.717, 1.165) is 18.4 Å². The number of non-ortho nitro benzene ring substituents is 1. The van der Waals surface area contributed by atoms with Crippen molar-refractivity contribution in [3.8, 4) is 0 Å². The molecule has 1 aliphatic rings. The molecule has 2 aromatic carbocycles. The smallest absolute Gasteiger partial charge is 0.269 e. The molecule has 0 spiro atoms. The molecule has 0 saturated heterocycles. The van der Waals surface area contributed by atoms with Crippen LogP contribution in [0.25, 0.3) is 0 Å². The Morgan fingerprint density at radius 3 is 2.36 bits per heavy atom. The zero-order valence-corrected chi connectivity index (χ0v) is 13.6. The molecule has 1 fully saturated rings. The van der Waals surface area contributed by atoms with Crippen molar-refractivity contribution < 1.29 is 14.5 Å². The van der Waals surface area contributed by atoms with Gasteiger partial charge in [0.2, 0.25) is 5.91 Å².